The lowest BCUT2D eigenvalue weighted by atomic mass is 9.97. The van der Waals surface area contributed by atoms with Crippen LogP contribution in [0.25, 0.3) is 11.1 Å². The topological polar surface area (TPSA) is 75.0 Å². The van der Waals surface area contributed by atoms with E-state index in [4.69, 9.17) is 0 Å². The Morgan fingerprint density at radius 3 is 2.19 bits per heavy atom. The van der Waals surface area contributed by atoms with Crippen LogP contribution in [0.3, 0.4) is 0 Å². The maximum absolute atomic E-state index is 13.4. The number of benzene rings is 3. The van der Waals surface area contributed by atoms with Crippen LogP contribution in [-0.4, -0.2) is 18.5 Å². The van der Waals surface area contributed by atoms with E-state index in [-0.39, 0.29) is 17.1 Å². The fraction of sp³-hybridized carbons (Fsp3) is 0.120. The maximum atomic E-state index is 13.4. The highest BCUT2D eigenvalue weighted by atomic mass is 32.2. The molecule has 0 aliphatic heterocycles. The van der Waals surface area contributed by atoms with E-state index in [1.54, 1.807) is 42.6 Å². The first-order valence-corrected chi connectivity index (χ1v) is 11.3. The van der Waals surface area contributed by atoms with Crippen LogP contribution < -0.4 is 5.56 Å². The van der Waals surface area contributed by atoms with Gasteiger partial charge in [-0.05, 0) is 34.4 Å². The quantitative estimate of drug-likeness (QED) is 0.400. The zero-order valence-corrected chi connectivity index (χ0v) is 17.9. The first kappa shape index (κ1) is 21.8. The third kappa shape index (κ3) is 5.25. The highest BCUT2D eigenvalue weighted by molar-refractivity contribution is 7.78. The largest absolute Gasteiger partial charge is 0.772 e. The van der Waals surface area contributed by atoms with Gasteiger partial charge in [0.05, 0.1) is 12.7 Å². The van der Waals surface area contributed by atoms with Crippen molar-refractivity contribution < 1.29 is 13.2 Å². The zero-order valence-electron chi connectivity index (χ0n) is 17.1. The van der Waals surface area contributed by atoms with E-state index in [1.165, 1.54) is 16.8 Å². The maximum Gasteiger partial charge on any atom is 0.271 e. The summed E-state index contributed by atoms with van der Waals surface area (Å²) in [5, 5.41) is 4.38. The molecule has 0 fully saturated rings. The third-order valence-electron chi connectivity index (χ3n) is 5.16. The Labute approximate surface area is 187 Å². The molecule has 1 atom stereocenters. The van der Waals surface area contributed by atoms with Gasteiger partial charge >= 0.3 is 0 Å². The molecule has 0 saturated carbocycles. The van der Waals surface area contributed by atoms with Crippen molar-refractivity contribution in [2.75, 3.05) is 0 Å². The summed E-state index contributed by atoms with van der Waals surface area (Å²) in [6.07, 6.45) is 1.97. The highest BCUT2D eigenvalue weighted by Gasteiger charge is 2.14. The van der Waals surface area contributed by atoms with Crippen molar-refractivity contribution in [2.45, 2.75) is 18.7 Å². The van der Waals surface area contributed by atoms with Crippen molar-refractivity contribution >= 4 is 11.1 Å². The summed E-state index contributed by atoms with van der Waals surface area (Å²) in [4.78, 5) is 13.4. The average molecular weight is 448 g/mol. The van der Waals surface area contributed by atoms with Gasteiger partial charge in [0.15, 0.2) is 0 Å². The Hall–Kier alpha value is -3.42. The van der Waals surface area contributed by atoms with Gasteiger partial charge in [-0.25, -0.2) is 9.07 Å². The first-order valence-electron chi connectivity index (χ1n) is 10.0. The van der Waals surface area contributed by atoms with Gasteiger partial charge in [0, 0.05) is 23.3 Å². The molecule has 0 bridgehead atoms. The van der Waals surface area contributed by atoms with E-state index in [2.05, 4.69) is 5.10 Å². The standard InChI is InChI=1S/C25H21FN2O3S/c26-22-12-8-18(9-13-22)14-23-24(21-10-6-20(7-11-21)17-32(30)31)15-27-28(25(23)29)16-19-4-2-1-3-5-19/h1-13,15H,14,16-17H2,(H,30,31)/p-1. The van der Waals surface area contributed by atoms with E-state index < -0.39 is 11.1 Å². The second kappa shape index (κ2) is 9.80. The summed E-state index contributed by atoms with van der Waals surface area (Å²) in [7, 11) is 0. The molecule has 1 heterocycles. The van der Waals surface area contributed by atoms with Gasteiger partial charge < -0.3 is 4.55 Å². The zero-order chi connectivity index (χ0) is 22.5. The smallest absolute Gasteiger partial charge is 0.271 e. The molecule has 0 aliphatic rings. The Morgan fingerprint density at radius 2 is 1.53 bits per heavy atom. The monoisotopic (exact) mass is 447 g/mol. The molecule has 0 saturated heterocycles. The van der Waals surface area contributed by atoms with Crippen molar-refractivity contribution in [1.29, 1.82) is 0 Å². The van der Waals surface area contributed by atoms with E-state index in [0.717, 1.165) is 16.7 Å². The molecular formula is C25H20FN2O3S-. The molecule has 7 heteroatoms. The Balaban J connectivity index is 1.76. The Bertz CT molecular complexity index is 1290. The van der Waals surface area contributed by atoms with Gasteiger partial charge in [0.1, 0.15) is 5.82 Å². The summed E-state index contributed by atoms with van der Waals surface area (Å²) < 4.78 is 36.7. The van der Waals surface area contributed by atoms with Crippen molar-refractivity contribution in [3.05, 3.63) is 123 Å². The molecule has 3 aromatic carbocycles. The lowest BCUT2D eigenvalue weighted by molar-refractivity contribution is 0.536. The summed E-state index contributed by atoms with van der Waals surface area (Å²) >= 11 is -2.17. The lowest BCUT2D eigenvalue weighted by Gasteiger charge is -2.13. The van der Waals surface area contributed by atoms with Crippen LogP contribution in [0, 0.1) is 5.82 Å². The SMILES string of the molecule is O=c1c(Cc2ccc(F)cc2)c(-c2ccc(CS(=O)[O-])cc2)cnn1Cc1ccccc1. The highest BCUT2D eigenvalue weighted by Crippen LogP contribution is 2.24. The van der Waals surface area contributed by atoms with Gasteiger partial charge in [-0.15, -0.1) is 0 Å². The minimum atomic E-state index is -2.17. The minimum Gasteiger partial charge on any atom is -0.772 e. The van der Waals surface area contributed by atoms with Crippen molar-refractivity contribution in [3.8, 4) is 11.1 Å². The molecule has 0 spiro atoms. The second-order valence-electron chi connectivity index (χ2n) is 7.43. The van der Waals surface area contributed by atoms with Gasteiger partial charge in [-0.3, -0.25) is 9.00 Å². The van der Waals surface area contributed by atoms with Gasteiger partial charge in [0.25, 0.3) is 5.56 Å². The van der Waals surface area contributed by atoms with E-state index in [9.17, 15) is 17.9 Å². The molecule has 0 aliphatic carbocycles. The molecule has 0 amide bonds. The fourth-order valence-corrected chi connectivity index (χ4v) is 4.00. The molecule has 4 aromatic rings. The Kier molecular flexibility index (Phi) is 6.68. The average Bonchev–Trinajstić information content (AvgIpc) is 2.79. The molecule has 0 N–H and O–H groups in total. The Morgan fingerprint density at radius 1 is 0.875 bits per heavy atom. The molecule has 4 rings (SSSR count). The van der Waals surface area contributed by atoms with Crippen LogP contribution >= 0.6 is 0 Å². The molecule has 1 aromatic heterocycles. The van der Waals surface area contributed by atoms with Crippen LogP contribution in [0.5, 0.6) is 0 Å². The van der Waals surface area contributed by atoms with Crippen LogP contribution in [0.2, 0.25) is 0 Å². The van der Waals surface area contributed by atoms with Crippen molar-refractivity contribution in [2.24, 2.45) is 0 Å². The van der Waals surface area contributed by atoms with Crippen molar-refractivity contribution in [3.63, 3.8) is 0 Å². The summed E-state index contributed by atoms with van der Waals surface area (Å²) in [5.74, 6) is -0.406. The summed E-state index contributed by atoms with van der Waals surface area (Å²) in [6, 6.07) is 22.7. The number of halogens is 1. The van der Waals surface area contributed by atoms with Crippen molar-refractivity contribution in [1.82, 2.24) is 9.78 Å². The molecule has 32 heavy (non-hydrogen) atoms. The van der Waals surface area contributed by atoms with Gasteiger partial charge in [-0.1, -0.05) is 77.8 Å². The van der Waals surface area contributed by atoms with Crippen LogP contribution in [-0.2, 0) is 29.8 Å². The number of hydrogen-bond acceptors (Lipinski definition) is 4. The summed E-state index contributed by atoms with van der Waals surface area (Å²) in [5.41, 5.74) is 4.17. The van der Waals surface area contributed by atoms with Crippen LogP contribution in [0.15, 0.2) is 89.9 Å². The van der Waals surface area contributed by atoms with E-state index in [0.29, 0.717) is 29.7 Å². The fourth-order valence-electron chi connectivity index (χ4n) is 3.54. The normalized spacial score (nSPS) is 11.9. The minimum absolute atomic E-state index is 0.0698. The van der Waals surface area contributed by atoms with E-state index in [1.807, 2.05) is 30.3 Å². The van der Waals surface area contributed by atoms with Gasteiger partial charge in [-0.2, -0.15) is 5.10 Å². The summed E-state index contributed by atoms with van der Waals surface area (Å²) in [6.45, 7) is 0.338. The molecule has 5 nitrogen and oxygen atoms in total. The predicted octanol–water partition coefficient (Wildman–Crippen LogP) is 4.07. The van der Waals surface area contributed by atoms with Gasteiger partial charge in [0.2, 0.25) is 0 Å². The molecule has 0 radical (unpaired) electrons. The molecule has 1 unspecified atom stereocenters. The number of hydrogen-bond donors (Lipinski definition) is 0. The molecular weight excluding hydrogens is 427 g/mol. The number of aromatic nitrogens is 2. The molecule has 162 valence electrons. The predicted molar refractivity (Wildman–Crippen MR) is 121 cm³/mol. The number of nitrogens with zero attached hydrogens (tertiary/aromatic N) is 2. The van der Waals surface area contributed by atoms with Crippen LogP contribution in [0.1, 0.15) is 22.3 Å². The van der Waals surface area contributed by atoms with Crippen LogP contribution in [0.4, 0.5) is 4.39 Å². The lowest BCUT2D eigenvalue weighted by Crippen LogP contribution is -2.27. The van der Waals surface area contributed by atoms with E-state index >= 15 is 0 Å². The number of rotatable bonds is 7. The third-order valence-corrected chi connectivity index (χ3v) is 5.73. The second-order valence-corrected chi connectivity index (χ2v) is 8.33. The first-order chi connectivity index (χ1) is 15.5.